The number of aromatic nitrogens is 1. The van der Waals surface area contributed by atoms with E-state index in [-0.39, 0.29) is 11.8 Å². The molecule has 0 radical (unpaired) electrons. The van der Waals surface area contributed by atoms with E-state index >= 15 is 0 Å². The molecule has 1 aliphatic heterocycles. The van der Waals surface area contributed by atoms with Gasteiger partial charge in [-0.3, -0.25) is 9.59 Å². The van der Waals surface area contributed by atoms with E-state index in [4.69, 9.17) is 5.11 Å². The van der Waals surface area contributed by atoms with Gasteiger partial charge in [0.2, 0.25) is 0 Å². The lowest BCUT2D eigenvalue weighted by Crippen LogP contribution is -2.40. The number of likely N-dealkylation sites (tertiary alicyclic amines) is 1. The summed E-state index contributed by atoms with van der Waals surface area (Å²) >= 11 is 0. The first-order chi connectivity index (χ1) is 11.9. The van der Waals surface area contributed by atoms with Crippen molar-refractivity contribution < 1.29 is 14.7 Å². The predicted octanol–water partition coefficient (Wildman–Crippen LogP) is 3.34. The minimum atomic E-state index is -0.759. The highest BCUT2D eigenvalue weighted by Crippen LogP contribution is 2.26. The Balaban J connectivity index is 1.87. The molecule has 5 nitrogen and oxygen atoms in total. The van der Waals surface area contributed by atoms with Crippen molar-refractivity contribution in [2.24, 2.45) is 5.92 Å². The van der Waals surface area contributed by atoms with Crippen molar-refractivity contribution in [3.63, 3.8) is 0 Å². The lowest BCUT2D eigenvalue weighted by molar-refractivity contribution is -0.143. The van der Waals surface area contributed by atoms with Gasteiger partial charge in [0.1, 0.15) is 0 Å². The van der Waals surface area contributed by atoms with Gasteiger partial charge in [-0.1, -0.05) is 18.2 Å². The van der Waals surface area contributed by atoms with Crippen LogP contribution in [-0.4, -0.2) is 39.5 Å². The molecule has 1 amide bonds. The average molecular weight is 340 g/mol. The van der Waals surface area contributed by atoms with Gasteiger partial charge in [0, 0.05) is 30.2 Å². The Morgan fingerprint density at radius 1 is 1.08 bits per heavy atom. The number of aliphatic carboxylic acids is 1. The second kappa shape index (κ2) is 6.75. The van der Waals surface area contributed by atoms with E-state index in [1.54, 1.807) is 4.90 Å². The van der Waals surface area contributed by atoms with Crippen LogP contribution in [0.2, 0.25) is 0 Å². The fraction of sp³-hybridized carbons (Fsp3) is 0.400. The summed E-state index contributed by atoms with van der Waals surface area (Å²) in [6, 6.07) is 10.1. The molecule has 2 heterocycles. The summed E-state index contributed by atoms with van der Waals surface area (Å²) in [6.45, 7) is 7.05. The van der Waals surface area contributed by atoms with Gasteiger partial charge in [0.25, 0.3) is 5.91 Å². The lowest BCUT2D eigenvalue weighted by atomic mass is 9.96. The van der Waals surface area contributed by atoms with Gasteiger partial charge in [0.05, 0.1) is 11.5 Å². The molecular weight excluding hydrogens is 316 g/mol. The Kier molecular flexibility index (Phi) is 4.66. The predicted molar refractivity (Wildman–Crippen MR) is 96.2 cm³/mol. The molecule has 1 aromatic carbocycles. The first-order valence-corrected chi connectivity index (χ1v) is 8.67. The molecule has 2 aromatic rings. The third-order valence-corrected chi connectivity index (χ3v) is 5.15. The number of nitrogens with zero attached hydrogens (tertiary/aromatic N) is 2. The van der Waals surface area contributed by atoms with Crippen LogP contribution in [0.3, 0.4) is 0 Å². The van der Waals surface area contributed by atoms with Crippen molar-refractivity contribution in [3.8, 4) is 5.69 Å². The van der Waals surface area contributed by atoms with Gasteiger partial charge in [0.15, 0.2) is 0 Å². The Morgan fingerprint density at radius 3 is 2.32 bits per heavy atom. The molecule has 0 spiro atoms. The molecule has 1 aliphatic rings. The van der Waals surface area contributed by atoms with E-state index in [0.717, 1.165) is 22.6 Å². The third-order valence-electron chi connectivity index (χ3n) is 5.15. The maximum absolute atomic E-state index is 12.9. The van der Waals surface area contributed by atoms with Gasteiger partial charge < -0.3 is 14.6 Å². The number of hydrogen-bond acceptors (Lipinski definition) is 2. The topological polar surface area (TPSA) is 62.5 Å². The highest BCUT2D eigenvalue weighted by molar-refractivity contribution is 5.96. The fourth-order valence-electron chi connectivity index (χ4n) is 3.66. The van der Waals surface area contributed by atoms with Gasteiger partial charge in [-0.15, -0.1) is 0 Å². The molecule has 3 rings (SSSR count). The monoisotopic (exact) mass is 340 g/mol. The summed E-state index contributed by atoms with van der Waals surface area (Å²) in [7, 11) is 0. The van der Waals surface area contributed by atoms with Gasteiger partial charge >= 0.3 is 5.97 Å². The molecule has 1 N–H and O–H groups in total. The number of carboxylic acids is 1. The van der Waals surface area contributed by atoms with Crippen LogP contribution in [0.4, 0.5) is 0 Å². The number of piperidine rings is 1. The number of hydrogen-bond donors (Lipinski definition) is 1. The SMILES string of the molecule is Cc1ccccc1-n1c(C)cc(C(=O)N2CCC(C(=O)O)CC2)c1C. The molecule has 0 bridgehead atoms. The standard InChI is InChI=1S/C20H24N2O3/c1-13-6-4-5-7-18(13)22-14(2)12-17(15(22)3)19(23)21-10-8-16(9-11-21)20(24)25/h4-7,12,16H,8-11H2,1-3H3,(H,24,25). The number of benzene rings is 1. The molecule has 1 saturated heterocycles. The van der Waals surface area contributed by atoms with Crippen LogP contribution >= 0.6 is 0 Å². The Hall–Kier alpha value is -2.56. The first-order valence-electron chi connectivity index (χ1n) is 8.67. The van der Waals surface area contributed by atoms with Crippen LogP contribution in [0.15, 0.2) is 30.3 Å². The summed E-state index contributed by atoms with van der Waals surface area (Å²) in [5, 5.41) is 9.11. The molecule has 0 unspecified atom stereocenters. The number of aryl methyl sites for hydroxylation is 2. The van der Waals surface area contributed by atoms with Gasteiger partial charge in [-0.2, -0.15) is 0 Å². The molecule has 1 aromatic heterocycles. The number of rotatable bonds is 3. The van der Waals surface area contributed by atoms with Crippen LogP contribution in [0.25, 0.3) is 5.69 Å². The van der Waals surface area contributed by atoms with E-state index in [2.05, 4.69) is 23.6 Å². The van der Waals surface area contributed by atoms with Crippen molar-refractivity contribution in [2.75, 3.05) is 13.1 Å². The fourth-order valence-corrected chi connectivity index (χ4v) is 3.66. The molecule has 5 heteroatoms. The van der Waals surface area contributed by atoms with Crippen LogP contribution in [0, 0.1) is 26.7 Å². The number of carbonyl (C=O) groups excluding carboxylic acids is 1. The average Bonchev–Trinajstić information content (AvgIpc) is 2.89. The zero-order valence-corrected chi connectivity index (χ0v) is 15.0. The molecular formula is C20H24N2O3. The second-order valence-electron chi connectivity index (χ2n) is 6.81. The molecule has 0 saturated carbocycles. The smallest absolute Gasteiger partial charge is 0.306 e. The van der Waals surface area contributed by atoms with Crippen LogP contribution in [0.5, 0.6) is 0 Å². The van der Waals surface area contributed by atoms with E-state index < -0.39 is 5.97 Å². The minimum absolute atomic E-state index is 0.00299. The highest BCUT2D eigenvalue weighted by atomic mass is 16.4. The summed E-state index contributed by atoms with van der Waals surface area (Å²) in [4.78, 5) is 25.8. The first kappa shape index (κ1) is 17.3. The number of carbonyl (C=O) groups is 2. The Bertz CT molecular complexity index is 814. The summed E-state index contributed by atoms with van der Waals surface area (Å²) in [5.74, 6) is -1.09. The van der Waals surface area contributed by atoms with Crippen molar-refractivity contribution in [1.29, 1.82) is 0 Å². The zero-order chi connectivity index (χ0) is 18.1. The molecule has 0 atom stereocenters. The van der Waals surface area contributed by atoms with Gasteiger partial charge in [-0.05, 0) is 51.3 Å². The molecule has 132 valence electrons. The van der Waals surface area contributed by atoms with Crippen LogP contribution < -0.4 is 0 Å². The third kappa shape index (κ3) is 3.18. The largest absolute Gasteiger partial charge is 0.481 e. The van der Waals surface area contributed by atoms with Gasteiger partial charge in [-0.25, -0.2) is 0 Å². The van der Waals surface area contributed by atoms with Crippen LogP contribution in [-0.2, 0) is 4.79 Å². The molecule has 25 heavy (non-hydrogen) atoms. The van der Waals surface area contributed by atoms with Crippen molar-refractivity contribution >= 4 is 11.9 Å². The van der Waals surface area contributed by atoms with Crippen LogP contribution in [0.1, 0.15) is 40.2 Å². The highest BCUT2D eigenvalue weighted by Gasteiger charge is 2.29. The minimum Gasteiger partial charge on any atom is -0.481 e. The summed E-state index contributed by atoms with van der Waals surface area (Å²) in [5.41, 5.74) is 4.90. The summed E-state index contributed by atoms with van der Waals surface area (Å²) < 4.78 is 2.12. The Morgan fingerprint density at radius 2 is 1.72 bits per heavy atom. The van der Waals surface area contributed by atoms with E-state index in [9.17, 15) is 9.59 Å². The second-order valence-corrected chi connectivity index (χ2v) is 6.81. The maximum Gasteiger partial charge on any atom is 0.306 e. The zero-order valence-electron chi connectivity index (χ0n) is 15.0. The van der Waals surface area contributed by atoms with E-state index in [0.29, 0.717) is 31.5 Å². The summed E-state index contributed by atoms with van der Waals surface area (Å²) in [6.07, 6.45) is 1.05. The quantitative estimate of drug-likeness (QED) is 0.932. The molecule has 0 aliphatic carbocycles. The van der Waals surface area contributed by atoms with E-state index in [1.807, 2.05) is 32.0 Å². The van der Waals surface area contributed by atoms with Crippen molar-refractivity contribution in [3.05, 3.63) is 52.8 Å². The van der Waals surface area contributed by atoms with E-state index in [1.165, 1.54) is 0 Å². The molecule has 1 fully saturated rings. The number of amides is 1. The van der Waals surface area contributed by atoms with Crippen molar-refractivity contribution in [2.45, 2.75) is 33.6 Å². The maximum atomic E-state index is 12.9. The number of carboxylic acid groups (broad SMARTS) is 1. The number of para-hydroxylation sites is 1. The lowest BCUT2D eigenvalue weighted by Gasteiger charge is -2.30. The van der Waals surface area contributed by atoms with Crippen molar-refractivity contribution in [1.82, 2.24) is 9.47 Å². The normalized spacial score (nSPS) is 15.4. The Labute approximate surface area is 147 Å².